The largest absolute Gasteiger partial charge is 0.390 e. The third-order valence-corrected chi connectivity index (χ3v) is 4.78. The van der Waals surface area contributed by atoms with Crippen LogP contribution in [-0.2, 0) is 26.6 Å². The number of aromatic nitrogens is 4. The topological polar surface area (TPSA) is 61.8 Å². The lowest BCUT2D eigenvalue weighted by Gasteiger charge is -2.13. The first-order valence-electron chi connectivity index (χ1n) is 8.62. The maximum atomic E-state index is 13.0. The van der Waals surface area contributed by atoms with Gasteiger partial charge in [-0.1, -0.05) is 30.7 Å². The predicted octanol–water partition coefficient (Wildman–Crippen LogP) is 3.11. The van der Waals surface area contributed by atoms with Crippen molar-refractivity contribution in [3.63, 3.8) is 0 Å². The summed E-state index contributed by atoms with van der Waals surface area (Å²) in [6.07, 6.45) is -5.17. The molecular weight excluding hydrogens is 397 g/mol. The van der Waals surface area contributed by atoms with Crippen molar-refractivity contribution < 1.29 is 13.2 Å². The molecule has 0 aliphatic heterocycles. The maximum absolute atomic E-state index is 13.0. The fourth-order valence-corrected chi connectivity index (χ4v) is 3.20. The molecule has 0 amide bonds. The summed E-state index contributed by atoms with van der Waals surface area (Å²) >= 11 is 5.85. The van der Waals surface area contributed by atoms with Crippen LogP contribution in [0.3, 0.4) is 0 Å². The molecule has 2 heterocycles. The lowest BCUT2D eigenvalue weighted by atomic mass is 10.2. The Bertz CT molecular complexity index is 1130. The highest BCUT2D eigenvalue weighted by Crippen LogP contribution is 2.21. The number of hydrogen-bond donors (Lipinski definition) is 0. The first-order valence-corrected chi connectivity index (χ1v) is 9.00. The molecule has 0 saturated heterocycles. The molecule has 0 saturated carbocycles. The normalized spacial score (nSPS) is 12.1. The third kappa shape index (κ3) is 3.84. The third-order valence-electron chi connectivity index (χ3n) is 4.52. The second-order valence-electron chi connectivity index (χ2n) is 6.43. The quantitative estimate of drug-likeness (QED) is 0.644. The molecule has 1 aromatic carbocycles. The van der Waals surface area contributed by atoms with Crippen LogP contribution in [0.1, 0.15) is 24.7 Å². The Hall–Kier alpha value is -2.55. The van der Waals surface area contributed by atoms with E-state index in [0.29, 0.717) is 22.8 Å². The van der Waals surface area contributed by atoms with E-state index in [-0.39, 0.29) is 17.7 Å². The van der Waals surface area contributed by atoms with Crippen molar-refractivity contribution in [2.75, 3.05) is 0 Å². The van der Waals surface area contributed by atoms with Crippen LogP contribution in [0.2, 0.25) is 5.02 Å². The Labute approximate surface area is 162 Å². The monoisotopic (exact) mass is 414 g/mol. The Morgan fingerprint density at radius 3 is 2.32 bits per heavy atom. The van der Waals surface area contributed by atoms with E-state index in [9.17, 15) is 22.8 Å². The molecule has 10 heteroatoms. The van der Waals surface area contributed by atoms with Gasteiger partial charge in [0.1, 0.15) is 5.82 Å². The number of fused-ring (bicyclic) bond motifs is 1. The van der Waals surface area contributed by atoms with E-state index in [1.807, 2.05) is 6.92 Å². The number of alkyl halides is 3. The Morgan fingerprint density at radius 1 is 1.11 bits per heavy atom. The fourth-order valence-electron chi connectivity index (χ4n) is 3.08. The zero-order valence-corrected chi connectivity index (χ0v) is 16.0. The van der Waals surface area contributed by atoms with Crippen molar-refractivity contribution in [1.82, 2.24) is 18.7 Å². The van der Waals surface area contributed by atoms with Gasteiger partial charge in [-0.15, -0.1) is 0 Å². The van der Waals surface area contributed by atoms with E-state index in [4.69, 9.17) is 11.6 Å². The highest BCUT2D eigenvalue weighted by Gasteiger charge is 2.28. The second kappa shape index (κ2) is 7.46. The molecule has 3 aromatic rings. The fraction of sp³-hybridized carbons (Fsp3) is 0.389. The van der Waals surface area contributed by atoms with Gasteiger partial charge in [0.2, 0.25) is 0 Å². The SMILES string of the molecule is CCc1nc2c(c(=O)n(Cc3ccc(Cl)cc3)c(=O)n2CCC(F)(F)F)n1C. The van der Waals surface area contributed by atoms with Crippen LogP contribution in [0.5, 0.6) is 0 Å². The second-order valence-corrected chi connectivity index (χ2v) is 6.87. The summed E-state index contributed by atoms with van der Waals surface area (Å²) in [5.74, 6) is 0.511. The summed E-state index contributed by atoms with van der Waals surface area (Å²) in [5.41, 5.74) is -0.702. The van der Waals surface area contributed by atoms with Crippen molar-refractivity contribution >= 4 is 22.8 Å². The Balaban J connectivity index is 2.22. The molecule has 0 N–H and O–H groups in total. The first-order chi connectivity index (χ1) is 13.1. The maximum Gasteiger partial charge on any atom is 0.390 e. The van der Waals surface area contributed by atoms with Gasteiger partial charge < -0.3 is 4.57 Å². The highest BCUT2D eigenvalue weighted by molar-refractivity contribution is 6.30. The summed E-state index contributed by atoms with van der Waals surface area (Å²) in [5, 5.41) is 0.494. The van der Waals surface area contributed by atoms with E-state index in [0.717, 1.165) is 9.13 Å². The number of halogens is 4. The van der Waals surface area contributed by atoms with E-state index in [1.165, 1.54) is 4.57 Å². The minimum Gasteiger partial charge on any atom is -0.325 e. The lowest BCUT2D eigenvalue weighted by molar-refractivity contribution is -0.136. The molecule has 3 rings (SSSR count). The smallest absolute Gasteiger partial charge is 0.325 e. The lowest BCUT2D eigenvalue weighted by Crippen LogP contribution is -2.41. The van der Waals surface area contributed by atoms with Gasteiger partial charge in [0.15, 0.2) is 11.2 Å². The standard InChI is InChI=1S/C18H18ClF3N4O2/c1-3-13-23-15-14(24(13)2)16(27)26(10-11-4-6-12(19)7-5-11)17(28)25(15)9-8-18(20,21)22/h4-7H,3,8-10H2,1-2H3. The van der Waals surface area contributed by atoms with Crippen LogP contribution in [0, 0.1) is 0 Å². The van der Waals surface area contributed by atoms with Crippen LogP contribution >= 0.6 is 11.6 Å². The molecule has 0 radical (unpaired) electrons. The van der Waals surface area contributed by atoms with E-state index in [1.54, 1.807) is 31.3 Å². The van der Waals surface area contributed by atoms with Crippen LogP contribution in [0.4, 0.5) is 13.2 Å². The molecule has 0 bridgehead atoms. The molecule has 150 valence electrons. The number of benzene rings is 1. The zero-order chi connectivity index (χ0) is 20.6. The van der Waals surface area contributed by atoms with Crippen LogP contribution in [0.25, 0.3) is 11.2 Å². The van der Waals surface area contributed by atoms with Crippen molar-refractivity contribution in [3.8, 4) is 0 Å². The molecular formula is C18H18ClF3N4O2. The van der Waals surface area contributed by atoms with Gasteiger partial charge in [-0.05, 0) is 17.7 Å². The average Bonchev–Trinajstić information content (AvgIpc) is 2.95. The molecule has 0 aliphatic carbocycles. The van der Waals surface area contributed by atoms with Gasteiger partial charge in [0.25, 0.3) is 5.56 Å². The van der Waals surface area contributed by atoms with Crippen LogP contribution < -0.4 is 11.2 Å². The van der Waals surface area contributed by atoms with E-state index in [2.05, 4.69) is 4.98 Å². The van der Waals surface area contributed by atoms with Gasteiger partial charge in [-0.3, -0.25) is 13.9 Å². The molecule has 0 aliphatic rings. The van der Waals surface area contributed by atoms with Crippen LogP contribution in [-0.4, -0.2) is 24.9 Å². The zero-order valence-electron chi connectivity index (χ0n) is 15.3. The van der Waals surface area contributed by atoms with Crippen molar-refractivity contribution in [2.24, 2.45) is 7.05 Å². The number of nitrogens with zero attached hydrogens (tertiary/aromatic N) is 4. The highest BCUT2D eigenvalue weighted by atomic mass is 35.5. The summed E-state index contributed by atoms with van der Waals surface area (Å²) in [6.45, 7) is 1.12. The molecule has 0 spiro atoms. The molecule has 0 fully saturated rings. The van der Waals surface area contributed by atoms with Crippen molar-refractivity contribution in [3.05, 3.63) is 61.5 Å². The number of hydrogen-bond acceptors (Lipinski definition) is 3. The number of aryl methyl sites for hydroxylation is 3. The molecule has 0 atom stereocenters. The van der Waals surface area contributed by atoms with Crippen molar-refractivity contribution in [1.29, 1.82) is 0 Å². The molecule has 6 nitrogen and oxygen atoms in total. The number of imidazole rings is 1. The molecule has 28 heavy (non-hydrogen) atoms. The predicted molar refractivity (Wildman–Crippen MR) is 99.8 cm³/mol. The van der Waals surface area contributed by atoms with Gasteiger partial charge in [-0.2, -0.15) is 13.2 Å². The minimum atomic E-state index is -4.44. The Morgan fingerprint density at radius 2 is 1.75 bits per heavy atom. The van der Waals surface area contributed by atoms with Crippen LogP contribution in [0.15, 0.2) is 33.9 Å². The van der Waals surface area contributed by atoms with E-state index >= 15 is 0 Å². The van der Waals surface area contributed by atoms with Gasteiger partial charge in [0, 0.05) is 25.0 Å². The minimum absolute atomic E-state index is 0.0223. The Kier molecular flexibility index (Phi) is 5.38. The van der Waals surface area contributed by atoms with Gasteiger partial charge in [-0.25, -0.2) is 9.78 Å². The summed E-state index contributed by atoms with van der Waals surface area (Å²) in [4.78, 5) is 30.1. The number of rotatable bonds is 5. The van der Waals surface area contributed by atoms with Gasteiger partial charge >= 0.3 is 11.9 Å². The average molecular weight is 415 g/mol. The molecule has 0 unspecified atom stereocenters. The molecule has 2 aromatic heterocycles. The van der Waals surface area contributed by atoms with Crippen molar-refractivity contribution in [2.45, 2.75) is 39.0 Å². The van der Waals surface area contributed by atoms with Gasteiger partial charge in [0.05, 0.1) is 13.0 Å². The summed E-state index contributed by atoms with van der Waals surface area (Å²) in [7, 11) is 1.61. The summed E-state index contributed by atoms with van der Waals surface area (Å²) in [6, 6.07) is 6.53. The summed E-state index contributed by atoms with van der Waals surface area (Å²) < 4.78 is 41.7. The first kappa shape index (κ1) is 20.2. The van der Waals surface area contributed by atoms with E-state index < -0.39 is 30.4 Å².